The molecular formula is C34H52Br2N4O4. The molecule has 0 saturated heterocycles. The van der Waals surface area contributed by atoms with Crippen LogP contribution in [-0.4, -0.2) is 112 Å². The van der Waals surface area contributed by atoms with Gasteiger partial charge in [-0.15, -0.1) is 0 Å². The van der Waals surface area contributed by atoms with Gasteiger partial charge in [0, 0.05) is 62.4 Å². The van der Waals surface area contributed by atoms with Crippen molar-refractivity contribution in [3.8, 4) is 0 Å². The number of amides is 2. The molecule has 0 spiro atoms. The first-order valence-electron chi connectivity index (χ1n) is 15.6. The van der Waals surface area contributed by atoms with Crippen LogP contribution in [0.15, 0.2) is 48.5 Å². The van der Waals surface area contributed by atoms with Crippen molar-refractivity contribution < 1.29 is 62.0 Å². The largest absolute Gasteiger partial charge is 1.00 e. The predicted octanol–water partition coefficient (Wildman–Crippen LogP) is -0.910. The summed E-state index contributed by atoms with van der Waals surface area (Å²) in [5.41, 5.74) is 3.50. The van der Waals surface area contributed by atoms with Gasteiger partial charge in [-0.05, 0) is 37.8 Å². The minimum absolute atomic E-state index is 0. The summed E-state index contributed by atoms with van der Waals surface area (Å²) >= 11 is 0. The number of halogens is 2. The van der Waals surface area contributed by atoms with E-state index >= 15 is 0 Å². The Balaban J connectivity index is 0.00000337. The lowest BCUT2D eigenvalue weighted by Crippen LogP contribution is -3.00. The number of rotatable bonds is 17. The maximum Gasteiger partial charge on any atom is 0.256 e. The van der Waals surface area contributed by atoms with Crippen molar-refractivity contribution in [2.45, 2.75) is 51.0 Å². The zero-order valence-corrected chi connectivity index (χ0v) is 30.6. The number of methoxy groups -OCH3 is 2. The molecule has 2 heterocycles. The van der Waals surface area contributed by atoms with Gasteiger partial charge in [-0.1, -0.05) is 36.4 Å². The lowest BCUT2D eigenvalue weighted by molar-refractivity contribution is -0.891. The van der Waals surface area contributed by atoms with Crippen LogP contribution in [0.1, 0.15) is 82.8 Å². The zero-order valence-electron chi connectivity index (χ0n) is 27.4. The Bertz CT molecular complexity index is 1130. The van der Waals surface area contributed by atoms with Crippen LogP contribution in [-0.2, 0) is 9.47 Å². The van der Waals surface area contributed by atoms with Crippen molar-refractivity contribution in [3.05, 3.63) is 70.8 Å². The van der Waals surface area contributed by atoms with Crippen LogP contribution < -0.4 is 34.0 Å². The van der Waals surface area contributed by atoms with Crippen LogP contribution >= 0.6 is 0 Å². The Morgan fingerprint density at radius 2 is 0.909 bits per heavy atom. The molecule has 0 saturated carbocycles. The van der Waals surface area contributed by atoms with Gasteiger partial charge in [0.2, 0.25) is 0 Å². The number of carbonyl (C=O) groups excluding carboxylic acids is 2. The third-order valence-electron chi connectivity index (χ3n) is 9.05. The zero-order chi connectivity index (χ0) is 30.3. The van der Waals surface area contributed by atoms with E-state index in [0.717, 1.165) is 70.2 Å². The Morgan fingerprint density at radius 1 is 0.568 bits per heavy atom. The second-order valence-electron chi connectivity index (χ2n) is 13.2. The molecule has 2 unspecified atom stereocenters. The van der Waals surface area contributed by atoms with Gasteiger partial charge in [0.05, 0.1) is 54.4 Å². The summed E-state index contributed by atoms with van der Waals surface area (Å²) in [6, 6.07) is 15.6. The highest BCUT2D eigenvalue weighted by Gasteiger charge is 2.37. The molecule has 10 heteroatoms. The summed E-state index contributed by atoms with van der Waals surface area (Å²) in [5.74, 6) is 0.164. The molecule has 2 aliphatic heterocycles. The maximum atomic E-state index is 12.9. The molecule has 2 aromatic carbocycles. The Kier molecular flexibility index (Phi) is 15.0. The minimum Gasteiger partial charge on any atom is -1.00 e. The molecule has 0 N–H and O–H groups in total. The fraction of sp³-hybridized carbons (Fsp3) is 0.588. The molecular weight excluding hydrogens is 688 g/mol. The highest BCUT2D eigenvalue weighted by Crippen LogP contribution is 2.35. The van der Waals surface area contributed by atoms with Crippen molar-refractivity contribution >= 4 is 11.8 Å². The molecule has 8 nitrogen and oxygen atoms in total. The molecule has 4 rings (SSSR count). The van der Waals surface area contributed by atoms with Gasteiger partial charge in [0.1, 0.15) is 0 Å². The summed E-state index contributed by atoms with van der Waals surface area (Å²) in [7, 11) is 12.6. The van der Waals surface area contributed by atoms with Gasteiger partial charge < -0.3 is 62.2 Å². The first-order valence-corrected chi connectivity index (χ1v) is 15.6. The van der Waals surface area contributed by atoms with Gasteiger partial charge in [0.25, 0.3) is 11.8 Å². The van der Waals surface area contributed by atoms with E-state index in [9.17, 15) is 9.59 Å². The molecule has 2 amide bonds. The van der Waals surface area contributed by atoms with E-state index in [4.69, 9.17) is 9.47 Å². The van der Waals surface area contributed by atoms with Crippen LogP contribution in [0.3, 0.4) is 0 Å². The SMILES string of the molecule is COC1c2ccccc2C(=O)N1CCC[N+](C)(C)CCCCCC[N+](C)(C)CCCN1C(=O)c2ccccc2C1OC.[Br-].[Br-]. The summed E-state index contributed by atoms with van der Waals surface area (Å²) in [5, 5.41) is 0. The topological polar surface area (TPSA) is 59.1 Å². The van der Waals surface area contributed by atoms with Crippen LogP contribution in [0.25, 0.3) is 0 Å². The second-order valence-corrected chi connectivity index (χ2v) is 13.2. The second kappa shape index (κ2) is 17.2. The summed E-state index contributed by atoms with van der Waals surface area (Å²) in [6.45, 7) is 5.79. The number of carbonyl (C=O) groups is 2. The summed E-state index contributed by atoms with van der Waals surface area (Å²) in [6.07, 6.45) is 6.28. The normalized spacial score (nSPS) is 17.8. The summed E-state index contributed by atoms with van der Waals surface area (Å²) < 4.78 is 13.3. The van der Waals surface area contributed by atoms with Crippen molar-refractivity contribution in [1.82, 2.24) is 9.80 Å². The third-order valence-corrected chi connectivity index (χ3v) is 9.05. The fourth-order valence-corrected chi connectivity index (χ4v) is 6.61. The van der Waals surface area contributed by atoms with Crippen LogP contribution in [0.2, 0.25) is 0 Å². The molecule has 0 aromatic heterocycles. The summed E-state index contributed by atoms with van der Waals surface area (Å²) in [4.78, 5) is 29.5. The van der Waals surface area contributed by atoms with Crippen molar-refractivity contribution in [1.29, 1.82) is 0 Å². The van der Waals surface area contributed by atoms with E-state index in [1.54, 1.807) is 14.2 Å². The number of hydrogen-bond donors (Lipinski definition) is 0. The Labute approximate surface area is 286 Å². The highest BCUT2D eigenvalue weighted by atomic mass is 79.9. The number of benzene rings is 2. The van der Waals surface area contributed by atoms with Gasteiger partial charge in [-0.2, -0.15) is 0 Å². The molecule has 2 aliphatic rings. The monoisotopic (exact) mass is 738 g/mol. The average molecular weight is 741 g/mol. The van der Waals surface area contributed by atoms with E-state index in [0.29, 0.717) is 13.1 Å². The van der Waals surface area contributed by atoms with Crippen LogP contribution in [0, 0.1) is 0 Å². The third kappa shape index (κ3) is 9.36. The molecule has 2 aromatic rings. The molecule has 0 aliphatic carbocycles. The first-order chi connectivity index (χ1) is 20.1. The van der Waals surface area contributed by atoms with Crippen LogP contribution in [0.4, 0.5) is 0 Å². The number of unbranched alkanes of at least 4 members (excludes halogenated alkanes) is 3. The van der Waals surface area contributed by atoms with E-state index in [1.807, 2.05) is 58.3 Å². The minimum atomic E-state index is -0.269. The molecule has 0 radical (unpaired) electrons. The van der Waals surface area contributed by atoms with E-state index in [-0.39, 0.29) is 58.2 Å². The fourth-order valence-electron chi connectivity index (χ4n) is 6.61. The molecule has 246 valence electrons. The number of nitrogens with zero attached hydrogens (tertiary/aromatic N) is 4. The average Bonchev–Trinajstić information content (AvgIpc) is 3.40. The standard InChI is InChI=1S/C34H52N4O4.2BrH/c1-37(2,25-15-21-35-31(39)27-17-9-11-19-29(27)33(35)41-5)23-13-7-8-14-24-38(3,4)26-16-22-36-32(40)28-18-10-12-20-30(28)34(36)42-6;;/h9-12,17-20,33-34H,7-8,13-16,21-26H2,1-6H3;2*1H/q+2;;/p-2. The van der Waals surface area contributed by atoms with Gasteiger partial charge in [-0.25, -0.2) is 0 Å². The van der Waals surface area contributed by atoms with E-state index < -0.39 is 0 Å². The van der Waals surface area contributed by atoms with Crippen molar-refractivity contribution in [2.24, 2.45) is 0 Å². The quantitative estimate of drug-likeness (QED) is 0.156. The first kappa shape index (κ1) is 38.4. The Morgan fingerprint density at radius 3 is 1.27 bits per heavy atom. The highest BCUT2D eigenvalue weighted by molar-refractivity contribution is 5.99. The lowest BCUT2D eigenvalue weighted by atomic mass is 10.1. The van der Waals surface area contributed by atoms with Gasteiger partial charge in [-0.3, -0.25) is 9.59 Å². The smallest absolute Gasteiger partial charge is 0.256 e. The van der Waals surface area contributed by atoms with E-state index in [1.165, 1.54) is 25.7 Å². The number of fused-ring (bicyclic) bond motifs is 2. The van der Waals surface area contributed by atoms with Gasteiger partial charge in [0.15, 0.2) is 12.5 Å². The predicted molar refractivity (Wildman–Crippen MR) is 166 cm³/mol. The molecule has 0 bridgehead atoms. The Hall–Kier alpha value is -1.82. The number of quaternary nitrogens is 2. The van der Waals surface area contributed by atoms with Crippen molar-refractivity contribution in [3.63, 3.8) is 0 Å². The maximum absolute atomic E-state index is 12.9. The lowest BCUT2D eigenvalue weighted by Gasteiger charge is -2.32. The van der Waals surface area contributed by atoms with Gasteiger partial charge >= 0.3 is 0 Å². The number of hydrogen-bond acceptors (Lipinski definition) is 4. The van der Waals surface area contributed by atoms with E-state index in [2.05, 4.69) is 28.2 Å². The molecule has 0 fully saturated rings. The number of ether oxygens (including phenoxy) is 2. The molecule has 2 atom stereocenters. The molecule has 44 heavy (non-hydrogen) atoms. The van der Waals surface area contributed by atoms with Crippen LogP contribution in [0.5, 0.6) is 0 Å². The van der Waals surface area contributed by atoms with Crippen molar-refractivity contribution in [2.75, 3.05) is 81.7 Å².